The van der Waals surface area contributed by atoms with Crippen LogP contribution < -0.4 is 5.32 Å². The minimum atomic E-state index is 0.416. The first-order chi connectivity index (χ1) is 14.4. The van der Waals surface area contributed by atoms with E-state index < -0.39 is 0 Å². The summed E-state index contributed by atoms with van der Waals surface area (Å²) in [7, 11) is 1.94. The number of aryl methyl sites for hydroxylation is 1. The second-order valence-corrected chi connectivity index (χ2v) is 7.94. The minimum absolute atomic E-state index is 0.416. The average Bonchev–Trinajstić information content (AvgIpc) is 2.78. The van der Waals surface area contributed by atoms with Crippen LogP contribution in [0.2, 0.25) is 0 Å². The van der Waals surface area contributed by atoms with Gasteiger partial charge in [0.2, 0.25) is 0 Å². The minimum Gasteiger partial charge on any atom is -0.388 e. The second-order valence-electron chi connectivity index (χ2n) is 7.94. The molecule has 30 heavy (non-hydrogen) atoms. The molecule has 1 N–H and O–H groups in total. The molecule has 2 heteroatoms. The van der Waals surface area contributed by atoms with E-state index in [9.17, 15) is 0 Å². The van der Waals surface area contributed by atoms with Gasteiger partial charge in [-0.15, -0.1) is 0 Å². The van der Waals surface area contributed by atoms with Crippen LogP contribution in [0.3, 0.4) is 0 Å². The van der Waals surface area contributed by atoms with Crippen molar-refractivity contribution in [3.8, 4) is 0 Å². The molecule has 0 fully saturated rings. The molecule has 0 heterocycles. The highest BCUT2D eigenvalue weighted by molar-refractivity contribution is 5.72. The Labute approximate surface area is 184 Å². The van der Waals surface area contributed by atoms with E-state index in [-0.39, 0.29) is 0 Å². The predicted octanol–water partition coefficient (Wildman–Crippen LogP) is 7.36. The van der Waals surface area contributed by atoms with E-state index in [2.05, 4.69) is 106 Å². The summed E-state index contributed by atoms with van der Waals surface area (Å²) in [4.78, 5) is 2.40. The van der Waals surface area contributed by atoms with Crippen molar-refractivity contribution in [2.75, 3.05) is 25.5 Å². The Balaban J connectivity index is 2.27. The van der Waals surface area contributed by atoms with Gasteiger partial charge in [0.1, 0.15) is 0 Å². The average molecular weight is 403 g/mol. The zero-order valence-electron chi connectivity index (χ0n) is 19.4. The van der Waals surface area contributed by atoms with Crippen LogP contribution >= 0.6 is 0 Å². The first-order valence-electron chi connectivity index (χ1n) is 11.1. The van der Waals surface area contributed by atoms with E-state index in [1.165, 1.54) is 11.1 Å². The summed E-state index contributed by atoms with van der Waals surface area (Å²) in [5.74, 6) is 0.852. The molecule has 0 radical (unpaired) electrons. The van der Waals surface area contributed by atoms with E-state index >= 15 is 0 Å². The first kappa shape index (κ1) is 23.5. The topological polar surface area (TPSA) is 15.3 Å². The van der Waals surface area contributed by atoms with Gasteiger partial charge in [-0.05, 0) is 55.0 Å². The highest BCUT2D eigenvalue weighted by atomic mass is 15.1. The Morgan fingerprint density at radius 1 is 1.13 bits per heavy atom. The standard InChI is InChI=1S/C28H38N2/c1-8-11-12-27(22(5)25-15-13-21(4)14-16-25)20-30(10-3)23(6)26-17-18-28(29-7)24(9-2)19-26/h9,11-19,22,27,29H,2,6,8,10,20H2,1,3-5,7H3/b12-11-. The van der Waals surface area contributed by atoms with Crippen molar-refractivity contribution in [2.24, 2.45) is 5.92 Å². The lowest BCUT2D eigenvalue weighted by Crippen LogP contribution is -2.29. The summed E-state index contributed by atoms with van der Waals surface area (Å²) < 4.78 is 0. The van der Waals surface area contributed by atoms with Crippen molar-refractivity contribution in [3.05, 3.63) is 90.0 Å². The Kier molecular flexibility index (Phi) is 8.98. The lowest BCUT2D eigenvalue weighted by Gasteiger charge is -2.32. The fourth-order valence-electron chi connectivity index (χ4n) is 3.82. The number of hydrogen-bond acceptors (Lipinski definition) is 2. The van der Waals surface area contributed by atoms with Gasteiger partial charge in [0, 0.05) is 37.4 Å². The van der Waals surface area contributed by atoms with Gasteiger partial charge < -0.3 is 10.2 Å². The fourth-order valence-corrected chi connectivity index (χ4v) is 3.82. The van der Waals surface area contributed by atoms with Crippen molar-refractivity contribution in [1.82, 2.24) is 4.90 Å². The van der Waals surface area contributed by atoms with Crippen LogP contribution in [0.5, 0.6) is 0 Å². The summed E-state index contributed by atoms with van der Waals surface area (Å²) in [5.41, 5.74) is 7.09. The molecule has 2 rings (SSSR count). The molecule has 0 bridgehead atoms. The number of hydrogen-bond donors (Lipinski definition) is 1. The third-order valence-electron chi connectivity index (χ3n) is 5.93. The second kappa shape index (κ2) is 11.4. The Morgan fingerprint density at radius 3 is 2.40 bits per heavy atom. The van der Waals surface area contributed by atoms with E-state index in [0.717, 1.165) is 42.0 Å². The highest BCUT2D eigenvalue weighted by Gasteiger charge is 2.20. The van der Waals surface area contributed by atoms with Gasteiger partial charge in [-0.3, -0.25) is 0 Å². The molecule has 160 valence electrons. The monoisotopic (exact) mass is 402 g/mol. The highest BCUT2D eigenvalue weighted by Crippen LogP contribution is 2.30. The maximum absolute atomic E-state index is 4.45. The molecule has 2 unspecified atom stereocenters. The zero-order chi connectivity index (χ0) is 22.1. The van der Waals surface area contributed by atoms with Gasteiger partial charge in [0.25, 0.3) is 0 Å². The van der Waals surface area contributed by atoms with Crippen molar-refractivity contribution < 1.29 is 0 Å². The smallest absolute Gasteiger partial charge is 0.0411 e. The molecule has 0 aliphatic carbocycles. The third kappa shape index (κ3) is 5.89. The van der Waals surface area contributed by atoms with Gasteiger partial charge in [-0.25, -0.2) is 0 Å². The molecule has 0 saturated carbocycles. The van der Waals surface area contributed by atoms with E-state index in [4.69, 9.17) is 0 Å². The summed E-state index contributed by atoms with van der Waals surface area (Å²) in [6.07, 6.45) is 7.63. The Hall–Kier alpha value is -2.74. The van der Waals surface area contributed by atoms with Crippen LogP contribution in [0, 0.1) is 12.8 Å². The number of nitrogens with one attached hydrogen (secondary N) is 1. The van der Waals surface area contributed by atoms with Gasteiger partial charge in [-0.1, -0.05) is 81.1 Å². The quantitative estimate of drug-likeness (QED) is 0.395. The molecule has 0 spiro atoms. The molecule has 0 aromatic heterocycles. The van der Waals surface area contributed by atoms with Crippen LogP contribution in [0.1, 0.15) is 55.4 Å². The van der Waals surface area contributed by atoms with Crippen LogP contribution in [-0.4, -0.2) is 25.0 Å². The largest absolute Gasteiger partial charge is 0.388 e. The van der Waals surface area contributed by atoms with Gasteiger partial charge in [0.05, 0.1) is 0 Å². The van der Waals surface area contributed by atoms with Crippen molar-refractivity contribution in [3.63, 3.8) is 0 Å². The summed E-state index contributed by atoms with van der Waals surface area (Å²) >= 11 is 0. The lowest BCUT2D eigenvalue weighted by molar-refractivity contribution is 0.345. The maximum Gasteiger partial charge on any atom is 0.0411 e. The molecule has 0 amide bonds. The normalized spacial score (nSPS) is 13.1. The summed E-state index contributed by atoms with van der Waals surface area (Å²) in [6, 6.07) is 15.4. The maximum atomic E-state index is 4.45. The fraction of sp³-hybridized carbons (Fsp3) is 0.357. The van der Waals surface area contributed by atoms with Gasteiger partial charge in [0.15, 0.2) is 0 Å². The molecule has 0 aliphatic heterocycles. The van der Waals surface area contributed by atoms with E-state index in [1.807, 2.05) is 13.1 Å². The Bertz CT molecular complexity index is 861. The van der Waals surface area contributed by atoms with Crippen LogP contribution in [0.15, 0.2) is 67.8 Å². The Morgan fingerprint density at radius 2 is 1.83 bits per heavy atom. The molecule has 2 aromatic carbocycles. The SMILES string of the molecule is C=Cc1cc(C(=C)N(CC)CC(/C=C\CC)C(C)c2ccc(C)cc2)ccc1NC. The number of anilines is 1. The molecule has 0 saturated heterocycles. The van der Waals surface area contributed by atoms with Crippen molar-refractivity contribution in [1.29, 1.82) is 0 Å². The molecule has 2 nitrogen and oxygen atoms in total. The van der Waals surface area contributed by atoms with Crippen LogP contribution in [-0.2, 0) is 0 Å². The van der Waals surface area contributed by atoms with E-state index in [1.54, 1.807) is 0 Å². The molecule has 2 atom stereocenters. The molecule has 2 aromatic rings. The number of nitrogens with zero attached hydrogens (tertiary/aromatic N) is 1. The number of allylic oxidation sites excluding steroid dienone is 1. The van der Waals surface area contributed by atoms with Crippen LogP contribution in [0.4, 0.5) is 5.69 Å². The third-order valence-corrected chi connectivity index (χ3v) is 5.93. The van der Waals surface area contributed by atoms with Crippen molar-refractivity contribution >= 4 is 17.5 Å². The molecular weight excluding hydrogens is 364 g/mol. The van der Waals surface area contributed by atoms with Gasteiger partial charge in [-0.2, -0.15) is 0 Å². The predicted molar refractivity (Wildman–Crippen MR) is 135 cm³/mol. The summed E-state index contributed by atoms with van der Waals surface area (Å²) in [5, 5.41) is 3.22. The first-order valence-corrected chi connectivity index (χ1v) is 11.1. The lowest BCUT2D eigenvalue weighted by atomic mass is 9.86. The van der Waals surface area contributed by atoms with E-state index in [0.29, 0.717) is 11.8 Å². The molecule has 0 aliphatic rings. The van der Waals surface area contributed by atoms with Crippen LogP contribution in [0.25, 0.3) is 11.8 Å². The number of benzene rings is 2. The summed E-state index contributed by atoms with van der Waals surface area (Å²) in [6.45, 7) is 19.2. The zero-order valence-corrected chi connectivity index (χ0v) is 19.4. The van der Waals surface area contributed by atoms with Crippen molar-refractivity contribution in [2.45, 2.75) is 40.0 Å². The van der Waals surface area contributed by atoms with Gasteiger partial charge >= 0.3 is 0 Å². The number of rotatable bonds is 11. The molecular formula is C28H38N2.